The molecule has 102 valence electrons. The summed E-state index contributed by atoms with van der Waals surface area (Å²) < 4.78 is 0. The van der Waals surface area contributed by atoms with Crippen LogP contribution < -0.4 is 0 Å². The minimum atomic E-state index is -0.133. The third kappa shape index (κ3) is 2.66. The van der Waals surface area contributed by atoms with Crippen molar-refractivity contribution in [2.75, 3.05) is 13.6 Å². The molecule has 0 aromatic heterocycles. The second-order valence-electron chi connectivity index (χ2n) is 6.07. The highest BCUT2D eigenvalue weighted by Crippen LogP contribution is 2.48. The zero-order valence-corrected chi connectivity index (χ0v) is 11.3. The summed E-state index contributed by atoms with van der Waals surface area (Å²) in [7, 11) is 1.90. The molecule has 0 bridgehead atoms. The summed E-state index contributed by atoms with van der Waals surface area (Å²) in [5.74, 6) is 1.37. The monoisotopic (exact) mass is 259 g/mol. The zero-order valence-electron chi connectivity index (χ0n) is 11.3. The van der Waals surface area contributed by atoms with E-state index in [2.05, 4.69) is 12.1 Å². The van der Waals surface area contributed by atoms with Crippen LogP contribution in [-0.4, -0.2) is 35.6 Å². The molecule has 0 spiro atoms. The Bertz CT molecular complexity index is 453. The summed E-state index contributed by atoms with van der Waals surface area (Å²) in [6, 6.07) is 10.3. The first-order valence-corrected chi connectivity index (χ1v) is 7.13. The lowest BCUT2D eigenvalue weighted by atomic mass is 9.82. The van der Waals surface area contributed by atoms with E-state index in [1.54, 1.807) is 0 Å². The molecule has 0 heterocycles. The molecule has 19 heavy (non-hydrogen) atoms. The maximum Gasteiger partial charge on any atom is 0.226 e. The predicted octanol–water partition coefficient (Wildman–Crippen LogP) is 2.02. The zero-order chi connectivity index (χ0) is 13.4. The fourth-order valence-electron chi connectivity index (χ4n) is 3.15. The van der Waals surface area contributed by atoms with Gasteiger partial charge in [-0.25, -0.2) is 0 Å². The summed E-state index contributed by atoms with van der Waals surface area (Å²) >= 11 is 0. The van der Waals surface area contributed by atoms with Crippen LogP contribution in [0.5, 0.6) is 0 Å². The second-order valence-corrected chi connectivity index (χ2v) is 6.07. The second kappa shape index (κ2) is 4.97. The van der Waals surface area contributed by atoms with Gasteiger partial charge in [-0.2, -0.15) is 0 Å². The first-order valence-electron chi connectivity index (χ1n) is 7.13. The van der Waals surface area contributed by atoms with Crippen molar-refractivity contribution in [3.05, 3.63) is 35.9 Å². The summed E-state index contributed by atoms with van der Waals surface area (Å²) in [5, 5.41) is 9.28. The SMILES string of the molecule is CN(CC1CC(O)C1)C(=O)C1CC1c1ccccc1. The van der Waals surface area contributed by atoms with E-state index < -0.39 is 0 Å². The van der Waals surface area contributed by atoms with Gasteiger partial charge in [0.2, 0.25) is 5.91 Å². The van der Waals surface area contributed by atoms with Crippen LogP contribution in [0.3, 0.4) is 0 Å². The standard InChI is InChI=1S/C16H21NO2/c1-17(10-11-7-13(18)8-11)16(19)15-9-14(15)12-5-3-2-4-6-12/h2-6,11,13-15,18H,7-10H2,1H3. The van der Waals surface area contributed by atoms with Crippen molar-refractivity contribution in [2.24, 2.45) is 11.8 Å². The van der Waals surface area contributed by atoms with Crippen LogP contribution in [0, 0.1) is 11.8 Å². The third-order valence-corrected chi connectivity index (χ3v) is 4.45. The third-order valence-electron chi connectivity index (χ3n) is 4.45. The number of hydrogen-bond acceptors (Lipinski definition) is 2. The molecule has 2 fully saturated rings. The molecule has 3 rings (SSSR count). The Kier molecular flexibility index (Phi) is 3.31. The van der Waals surface area contributed by atoms with Gasteiger partial charge in [0, 0.05) is 19.5 Å². The molecule has 2 unspecified atom stereocenters. The van der Waals surface area contributed by atoms with Crippen molar-refractivity contribution >= 4 is 5.91 Å². The van der Waals surface area contributed by atoms with Crippen molar-refractivity contribution in [3.8, 4) is 0 Å². The Balaban J connectivity index is 1.52. The summed E-state index contributed by atoms with van der Waals surface area (Å²) in [6.45, 7) is 0.800. The van der Waals surface area contributed by atoms with Crippen LogP contribution in [0.4, 0.5) is 0 Å². The van der Waals surface area contributed by atoms with Crippen molar-refractivity contribution in [3.63, 3.8) is 0 Å². The van der Waals surface area contributed by atoms with Crippen LogP contribution in [-0.2, 0) is 4.79 Å². The van der Waals surface area contributed by atoms with Crippen LogP contribution in [0.25, 0.3) is 0 Å². The molecule has 2 aliphatic rings. The van der Waals surface area contributed by atoms with Gasteiger partial charge in [-0.15, -0.1) is 0 Å². The molecular weight excluding hydrogens is 238 g/mol. The number of aliphatic hydroxyl groups excluding tert-OH is 1. The fraction of sp³-hybridized carbons (Fsp3) is 0.562. The molecule has 3 nitrogen and oxygen atoms in total. The molecule has 2 saturated carbocycles. The Hall–Kier alpha value is -1.35. The highest BCUT2D eigenvalue weighted by atomic mass is 16.3. The predicted molar refractivity (Wildman–Crippen MR) is 73.7 cm³/mol. The van der Waals surface area contributed by atoms with Crippen LogP contribution >= 0.6 is 0 Å². The van der Waals surface area contributed by atoms with Gasteiger partial charge in [-0.1, -0.05) is 30.3 Å². The minimum absolute atomic E-state index is 0.133. The molecule has 0 aliphatic heterocycles. The maximum absolute atomic E-state index is 12.3. The van der Waals surface area contributed by atoms with Gasteiger partial charge in [0.1, 0.15) is 0 Å². The average Bonchev–Trinajstić information content (AvgIpc) is 3.17. The van der Waals surface area contributed by atoms with Gasteiger partial charge in [0.05, 0.1) is 6.10 Å². The Labute approximate surface area is 114 Å². The van der Waals surface area contributed by atoms with E-state index >= 15 is 0 Å². The Morgan fingerprint density at radius 1 is 1.26 bits per heavy atom. The van der Waals surface area contributed by atoms with E-state index in [-0.39, 0.29) is 17.9 Å². The molecule has 3 heteroatoms. The quantitative estimate of drug-likeness (QED) is 0.898. The fourth-order valence-corrected chi connectivity index (χ4v) is 3.15. The van der Waals surface area contributed by atoms with E-state index in [0.717, 1.165) is 25.8 Å². The van der Waals surface area contributed by atoms with Gasteiger partial charge < -0.3 is 10.0 Å². The summed E-state index contributed by atoms with van der Waals surface area (Å²) in [4.78, 5) is 14.2. The van der Waals surface area contributed by atoms with Crippen LogP contribution in [0.2, 0.25) is 0 Å². The molecule has 1 amide bonds. The van der Waals surface area contributed by atoms with E-state index in [1.807, 2.05) is 30.1 Å². The van der Waals surface area contributed by atoms with Gasteiger partial charge in [0.15, 0.2) is 0 Å². The van der Waals surface area contributed by atoms with E-state index in [4.69, 9.17) is 0 Å². The smallest absolute Gasteiger partial charge is 0.226 e. The van der Waals surface area contributed by atoms with E-state index in [9.17, 15) is 9.90 Å². The van der Waals surface area contributed by atoms with Crippen molar-refractivity contribution in [1.29, 1.82) is 0 Å². The van der Waals surface area contributed by atoms with Crippen molar-refractivity contribution in [2.45, 2.75) is 31.3 Å². The highest BCUT2D eigenvalue weighted by molar-refractivity contribution is 5.82. The number of hydrogen-bond donors (Lipinski definition) is 1. The Morgan fingerprint density at radius 2 is 1.95 bits per heavy atom. The molecule has 1 aromatic carbocycles. The number of carbonyl (C=O) groups excluding carboxylic acids is 1. The molecule has 1 aromatic rings. The van der Waals surface area contributed by atoms with Crippen LogP contribution in [0.15, 0.2) is 30.3 Å². The van der Waals surface area contributed by atoms with Gasteiger partial charge in [-0.3, -0.25) is 4.79 Å². The first-order chi connectivity index (χ1) is 9.15. The van der Waals surface area contributed by atoms with E-state index in [0.29, 0.717) is 11.8 Å². The molecule has 1 N–H and O–H groups in total. The highest BCUT2D eigenvalue weighted by Gasteiger charge is 2.45. The summed E-state index contributed by atoms with van der Waals surface area (Å²) in [5.41, 5.74) is 1.29. The van der Waals surface area contributed by atoms with Crippen molar-refractivity contribution in [1.82, 2.24) is 4.90 Å². The largest absolute Gasteiger partial charge is 0.393 e. The lowest BCUT2D eigenvalue weighted by molar-refractivity contribution is -0.133. The topological polar surface area (TPSA) is 40.5 Å². The Morgan fingerprint density at radius 3 is 2.58 bits per heavy atom. The molecule has 2 atom stereocenters. The first kappa shape index (κ1) is 12.7. The summed E-state index contributed by atoms with van der Waals surface area (Å²) in [6.07, 6.45) is 2.56. The van der Waals surface area contributed by atoms with Crippen molar-refractivity contribution < 1.29 is 9.90 Å². The number of carbonyl (C=O) groups is 1. The maximum atomic E-state index is 12.3. The molecule has 2 aliphatic carbocycles. The lowest BCUT2D eigenvalue weighted by Crippen LogP contribution is -2.40. The number of amides is 1. The minimum Gasteiger partial charge on any atom is -0.393 e. The number of nitrogens with zero attached hydrogens (tertiary/aromatic N) is 1. The van der Waals surface area contributed by atoms with Gasteiger partial charge in [-0.05, 0) is 36.7 Å². The molecular formula is C16H21NO2. The van der Waals surface area contributed by atoms with E-state index in [1.165, 1.54) is 5.56 Å². The molecule has 0 saturated heterocycles. The van der Waals surface area contributed by atoms with Crippen LogP contribution in [0.1, 0.15) is 30.7 Å². The normalized spacial score (nSPS) is 32.5. The molecule has 0 radical (unpaired) electrons. The number of benzene rings is 1. The van der Waals surface area contributed by atoms with Gasteiger partial charge in [0.25, 0.3) is 0 Å². The number of rotatable bonds is 4. The number of aliphatic hydroxyl groups is 1. The average molecular weight is 259 g/mol. The lowest BCUT2D eigenvalue weighted by Gasteiger charge is -2.34. The van der Waals surface area contributed by atoms with Gasteiger partial charge >= 0.3 is 0 Å².